The van der Waals surface area contributed by atoms with Crippen LogP contribution < -0.4 is 21.7 Å². The summed E-state index contributed by atoms with van der Waals surface area (Å²) in [4.78, 5) is 68.6. The van der Waals surface area contributed by atoms with E-state index < -0.39 is 66.2 Å². The van der Waals surface area contributed by atoms with Gasteiger partial charge < -0.3 is 36.9 Å². The Morgan fingerprint density at radius 3 is 2.18 bits per heavy atom. The average Bonchev–Trinajstić information content (AvgIpc) is 3.41. The van der Waals surface area contributed by atoms with Crippen LogP contribution in [0.2, 0.25) is 0 Å². The van der Waals surface area contributed by atoms with Gasteiger partial charge in [-0.1, -0.05) is 50.6 Å². The van der Waals surface area contributed by atoms with E-state index in [0.29, 0.717) is 12.1 Å². The molecule has 5 unspecified atom stereocenters. The standard InChI is InChI=1S/C26H36N6O7/c1-3-15(2)22(25(37)30-19(26(38)39)9-10-21(33)34)32-24(36)20(11-16-7-5-4-6-8-16)31-23(35)18(27)12-17-13-28-14-29-17/h4-8,13-15,18-20,22H,3,9-12,27H2,1-2H3,(H,28,29)(H,30,37)(H,31,35)(H,32,36)(H,33,34)(H,38,39). The summed E-state index contributed by atoms with van der Waals surface area (Å²) in [6, 6.07) is 4.31. The highest BCUT2D eigenvalue weighted by Gasteiger charge is 2.33. The second-order valence-electron chi connectivity index (χ2n) is 9.34. The highest BCUT2D eigenvalue weighted by Crippen LogP contribution is 2.11. The molecule has 0 bridgehead atoms. The van der Waals surface area contributed by atoms with Crippen LogP contribution >= 0.6 is 0 Å². The van der Waals surface area contributed by atoms with Crippen LogP contribution in [0.1, 0.15) is 44.4 Å². The van der Waals surface area contributed by atoms with E-state index in [0.717, 1.165) is 5.56 Å². The smallest absolute Gasteiger partial charge is 0.326 e. The zero-order valence-corrected chi connectivity index (χ0v) is 21.9. The summed E-state index contributed by atoms with van der Waals surface area (Å²) in [5.74, 6) is -5.00. The van der Waals surface area contributed by atoms with Gasteiger partial charge in [-0.05, 0) is 17.9 Å². The van der Waals surface area contributed by atoms with E-state index in [1.807, 2.05) is 6.07 Å². The number of imidazole rings is 1. The molecule has 0 spiro atoms. The first-order chi connectivity index (χ1) is 18.5. The minimum absolute atomic E-state index is 0.112. The fraction of sp³-hybridized carbons (Fsp3) is 0.462. The Morgan fingerprint density at radius 1 is 0.949 bits per heavy atom. The number of carboxylic acids is 2. The van der Waals surface area contributed by atoms with Gasteiger partial charge in [-0.2, -0.15) is 0 Å². The van der Waals surface area contributed by atoms with Crippen molar-refractivity contribution < 1.29 is 34.2 Å². The Hall–Kier alpha value is -4.26. The van der Waals surface area contributed by atoms with Gasteiger partial charge in [-0.25, -0.2) is 9.78 Å². The number of aliphatic carboxylic acids is 2. The number of rotatable bonds is 16. The Labute approximate surface area is 226 Å². The molecule has 13 heteroatoms. The predicted molar refractivity (Wildman–Crippen MR) is 140 cm³/mol. The third-order valence-corrected chi connectivity index (χ3v) is 6.30. The number of amides is 3. The molecule has 8 N–H and O–H groups in total. The quantitative estimate of drug-likeness (QED) is 0.151. The molecule has 0 fully saturated rings. The van der Waals surface area contributed by atoms with Crippen molar-refractivity contribution in [1.29, 1.82) is 0 Å². The molecule has 1 aromatic carbocycles. The number of aromatic amines is 1. The first-order valence-electron chi connectivity index (χ1n) is 12.6. The third kappa shape index (κ3) is 10.2. The van der Waals surface area contributed by atoms with Crippen molar-refractivity contribution in [3.8, 4) is 0 Å². The molecule has 0 saturated carbocycles. The molecule has 1 heterocycles. The minimum Gasteiger partial charge on any atom is -0.481 e. The summed E-state index contributed by atoms with van der Waals surface area (Å²) < 4.78 is 0. The number of carbonyl (C=O) groups is 5. The molecule has 2 rings (SSSR count). The van der Waals surface area contributed by atoms with Crippen LogP contribution in [0.3, 0.4) is 0 Å². The molecule has 3 amide bonds. The molecule has 212 valence electrons. The molecule has 0 saturated heterocycles. The number of nitrogens with two attached hydrogens (primary N) is 1. The van der Waals surface area contributed by atoms with Crippen LogP contribution in [0, 0.1) is 5.92 Å². The zero-order chi connectivity index (χ0) is 28.9. The maximum atomic E-state index is 13.4. The van der Waals surface area contributed by atoms with Crippen LogP contribution in [-0.2, 0) is 36.8 Å². The highest BCUT2D eigenvalue weighted by atomic mass is 16.4. The van der Waals surface area contributed by atoms with Crippen LogP contribution in [0.25, 0.3) is 0 Å². The summed E-state index contributed by atoms with van der Waals surface area (Å²) in [6.45, 7) is 3.51. The SMILES string of the molecule is CCC(C)C(NC(=O)C(Cc1ccccc1)NC(=O)C(N)Cc1cnc[nH]1)C(=O)NC(CCC(=O)O)C(=O)O. The van der Waals surface area contributed by atoms with Gasteiger partial charge in [-0.3, -0.25) is 19.2 Å². The van der Waals surface area contributed by atoms with Crippen molar-refractivity contribution in [2.45, 2.75) is 70.1 Å². The Bertz CT molecular complexity index is 1110. The molecule has 0 radical (unpaired) electrons. The van der Waals surface area contributed by atoms with E-state index >= 15 is 0 Å². The van der Waals surface area contributed by atoms with E-state index in [1.54, 1.807) is 38.1 Å². The monoisotopic (exact) mass is 544 g/mol. The number of aromatic nitrogens is 2. The molecule has 0 aliphatic rings. The lowest BCUT2D eigenvalue weighted by Crippen LogP contribution is -2.59. The number of hydrogen-bond acceptors (Lipinski definition) is 7. The average molecular weight is 545 g/mol. The third-order valence-electron chi connectivity index (χ3n) is 6.30. The van der Waals surface area contributed by atoms with Crippen molar-refractivity contribution >= 4 is 29.7 Å². The van der Waals surface area contributed by atoms with Crippen molar-refractivity contribution in [2.75, 3.05) is 0 Å². The molecule has 13 nitrogen and oxygen atoms in total. The van der Waals surface area contributed by atoms with E-state index in [9.17, 15) is 29.1 Å². The van der Waals surface area contributed by atoms with E-state index in [2.05, 4.69) is 25.9 Å². The van der Waals surface area contributed by atoms with Crippen LogP contribution in [0.4, 0.5) is 0 Å². The molecule has 0 aliphatic carbocycles. The lowest BCUT2D eigenvalue weighted by Gasteiger charge is -2.28. The normalized spacial score (nSPS) is 14.7. The molecular formula is C26H36N6O7. The minimum atomic E-state index is -1.45. The van der Waals surface area contributed by atoms with E-state index in [4.69, 9.17) is 10.8 Å². The number of carboxylic acid groups (broad SMARTS) is 2. The number of carbonyl (C=O) groups excluding carboxylic acids is 3. The number of nitrogens with zero attached hydrogens (tertiary/aromatic N) is 1. The maximum absolute atomic E-state index is 13.4. The van der Waals surface area contributed by atoms with E-state index in [-0.39, 0.29) is 19.3 Å². The predicted octanol–water partition coefficient (Wildman–Crippen LogP) is -0.0279. The highest BCUT2D eigenvalue weighted by molar-refractivity contribution is 5.94. The molecule has 0 aliphatic heterocycles. The molecule has 2 aromatic rings. The Kier molecular flexibility index (Phi) is 12.1. The summed E-state index contributed by atoms with van der Waals surface area (Å²) >= 11 is 0. The van der Waals surface area contributed by atoms with Crippen LogP contribution in [0.5, 0.6) is 0 Å². The number of H-pyrrole nitrogens is 1. The summed E-state index contributed by atoms with van der Waals surface area (Å²) in [7, 11) is 0. The lowest BCUT2D eigenvalue weighted by atomic mass is 9.96. The summed E-state index contributed by atoms with van der Waals surface area (Å²) in [5, 5.41) is 26.0. The van der Waals surface area contributed by atoms with Gasteiger partial charge in [0, 0.05) is 31.2 Å². The first-order valence-corrected chi connectivity index (χ1v) is 12.6. The summed E-state index contributed by atoms with van der Waals surface area (Å²) in [5.41, 5.74) is 7.45. The van der Waals surface area contributed by atoms with Gasteiger partial charge in [-0.15, -0.1) is 0 Å². The van der Waals surface area contributed by atoms with Gasteiger partial charge in [0.1, 0.15) is 18.1 Å². The second kappa shape index (κ2) is 15.2. The van der Waals surface area contributed by atoms with Crippen molar-refractivity contribution in [3.63, 3.8) is 0 Å². The van der Waals surface area contributed by atoms with Gasteiger partial charge >= 0.3 is 11.9 Å². The maximum Gasteiger partial charge on any atom is 0.326 e. The Balaban J connectivity index is 2.20. The van der Waals surface area contributed by atoms with Crippen LogP contribution in [0.15, 0.2) is 42.9 Å². The van der Waals surface area contributed by atoms with Gasteiger partial charge in [0.25, 0.3) is 0 Å². The Morgan fingerprint density at radius 2 is 1.62 bits per heavy atom. The van der Waals surface area contributed by atoms with Gasteiger partial charge in [0.05, 0.1) is 12.4 Å². The number of hydrogen-bond donors (Lipinski definition) is 7. The lowest BCUT2D eigenvalue weighted by molar-refractivity contribution is -0.143. The fourth-order valence-electron chi connectivity index (χ4n) is 3.81. The van der Waals surface area contributed by atoms with Gasteiger partial charge in [0.2, 0.25) is 17.7 Å². The van der Waals surface area contributed by atoms with Crippen molar-refractivity contribution in [2.24, 2.45) is 11.7 Å². The first kappa shape index (κ1) is 31.0. The van der Waals surface area contributed by atoms with E-state index in [1.165, 1.54) is 12.5 Å². The largest absolute Gasteiger partial charge is 0.481 e. The molecule has 39 heavy (non-hydrogen) atoms. The van der Waals surface area contributed by atoms with Crippen molar-refractivity contribution in [3.05, 3.63) is 54.1 Å². The second-order valence-corrected chi connectivity index (χ2v) is 9.34. The topological polar surface area (TPSA) is 217 Å². The van der Waals surface area contributed by atoms with Crippen molar-refractivity contribution in [1.82, 2.24) is 25.9 Å². The van der Waals surface area contributed by atoms with Gasteiger partial charge in [0.15, 0.2) is 0 Å². The zero-order valence-electron chi connectivity index (χ0n) is 21.9. The molecular weight excluding hydrogens is 508 g/mol. The fourth-order valence-corrected chi connectivity index (χ4v) is 3.81. The van der Waals surface area contributed by atoms with Crippen LogP contribution in [-0.4, -0.2) is 74.0 Å². The summed E-state index contributed by atoms with van der Waals surface area (Å²) in [6.07, 6.45) is 2.96. The molecule has 5 atom stereocenters. The number of benzene rings is 1. The number of nitrogens with one attached hydrogen (secondary N) is 4. The molecule has 1 aromatic heterocycles.